The highest BCUT2D eigenvalue weighted by Gasteiger charge is 2.26. The van der Waals surface area contributed by atoms with Crippen molar-refractivity contribution in [2.24, 2.45) is 5.92 Å². The van der Waals surface area contributed by atoms with Gasteiger partial charge in [-0.3, -0.25) is 9.69 Å². The lowest BCUT2D eigenvalue weighted by atomic mass is 9.90. The lowest BCUT2D eigenvalue weighted by Crippen LogP contribution is -2.49. The van der Waals surface area contributed by atoms with Gasteiger partial charge in [0.05, 0.1) is 12.6 Å². The van der Waals surface area contributed by atoms with Gasteiger partial charge in [0.1, 0.15) is 0 Å². The molecule has 5 nitrogen and oxygen atoms in total. The minimum atomic E-state index is -0.734. The molecular formula is C12H21N3O2. The average Bonchev–Trinajstić information content (AvgIpc) is 2.27. The molecule has 0 bridgehead atoms. The van der Waals surface area contributed by atoms with E-state index in [0.29, 0.717) is 24.9 Å². The SMILES string of the molecule is CCNC1CC(CCC(=O)O)CN(CC#N)C1. The lowest BCUT2D eigenvalue weighted by molar-refractivity contribution is -0.137. The molecule has 5 heteroatoms. The van der Waals surface area contributed by atoms with Crippen LogP contribution >= 0.6 is 0 Å². The fourth-order valence-electron chi connectivity index (χ4n) is 2.51. The zero-order valence-corrected chi connectivity index (χ0v) is 10.4. The summed E-state index contributed by atoms with van der Waals surface area (Å²) in [7, 11) is 0. The Morgan fingerprint density at radius 2 is 2.35 bits per heavy atom. The van der Waals surface area contributed by atoms with Gasteiger partial charge in [0.2, 0.25) is 0 Å². The van der Waals surface area contributed by atoms with Crippen molar-refractivity contribution in [1.29, 1.82) is 5.26 Å². The highest BCUT2D eigenvalue weighted by Crippen LogP contribution is 2.21. The summed E-state index contributed by atoms with van der Waals surface area (Å²) in [5, 5.41) is 20.8. The number of likely N-dealkylation sites (tertiary alicyclic amines) is 1. The van der Waals surface area contributed by atoms with E-state index >= 15 is 0 Å². The molecule has 0 spiro atoms. The summed E-state index contributed by atoms with van der Waals surface area (Å²) >= 11 is 0. The van der Waals surface area contributed by atoms with E-state index in [2.05, 4.69) is 23.2 Å². The predicted octanol–water partition coefficient (Wildman–Crippen LogP) is 0.675. The van der Waals surface area contributed by atoms with Crippen molar-refractivity contribution in [2.75, 3.05) is 26.2 Å². The summed E-state index contributed by atoms with van der Waals surface area (Å²) in [4.78, 5) is 12.7. The zero-order chi connectivity index (χ0) is 12.7. The molecule has 0 saturated carbocycles. The Hall–Kier alpha value is -1.12. The van der Waals surface area contributed by atoms with E-state index in [4.69, 9.17) is 10.4 Å². The molecule has 1 heterocycles. The number of nitrogens with zero attached hydrogens (tertiary/aromatic N) is 2. The van der Waals surface area contributed by atoms with Crippen molar-refractivity contribution in [2.45, 2.75) is 32.2 Å². The van der Waals surface area contributed by atoms with E-state index in [1.807, 2.05) is 0 Å². The summed E-state index contributed by atoms with van der Waals surface area (Å²) in [6.07, 6.45) is 1.95. The number of nitrogens with one attached hydrogen (secondary N) is 1. The van der Waals surface area contributed by atoms with Gasteiger partial charge in [-0.15, -0.1) is 0 Å². The Bertz CT molecular complexity index is 288. The summed E-state index contributed by atoms with van der Waals surface area (Å²) in [6, 6.07) is 2.56. The normalized spacial score (nSPS) is 25.4. The number of hydrogen-bond donors (Lipinski definition) is 2. The van der Waals surface area contributed by atoms with Gasteiger partial charge in [-0.2, -0.15) is 5.26 Å². The Labute approximate surface area is 102 Å². The number of rotatable bonds is 6. The van der Waals surface area contributed by atoms with Crippen molar-refractivity contribution < 1.29 is 9.90 Å². The zero-order valence-electron chi connectivity index (χ0n) is 10.4. The number of piperidine rings is 1. The third-order valence-electron chi connectivity index (χ3n) is 3.17. The molecule has 1 saturated heterocycles. The maximum absolute atomic E-state index is 10.6. The average molecular weight is 239 g/mol. The maximum atomic E-state index is 10.6. The number of carboxylic acid groups (broad SMARTS) is 1. The minimum absolute atomic E-state index is 0.226. The van der Waals surface area contributed by atoms with E-state index in [1.165, 1.54) is 0 Å². The quantitative estimate of drug-likeness (QED) is 0.666. The molecule has 2 atom stereocenters. The fraction of sp³-hybridized carbons (Fsp3) is 0.833. The summed E-state index contributed by atoms with van der Waals surface area (Å²) in [5.41, 5.74) is 0. The molecule has 0 aromatic heterocycles. The molecule has 0 radical (unpaired) electrons. The van der Waals surface area contributed by atoms with Gasteiger partial charge in [0.25, 0.3) is 0 Å². The van der Waals surface area contributed by atoms with Crippen molar-refractivity contribution >= 4 is 5.97 Å². The van der Waals surface area contributed by atoms with E-state index in [9.17, 15) is 4.79 Å². The molecule has 1 rings (SSSR count). The molecule has 2 N–H and O–H groups in total. The molecule has 1 aliphatic rings. The van der Waals surface area contributed by atoms with Crippen LogP contribution in [0.4, 0.5) is 0 Å². The summed E-state index contributed by atoms with van der Waals surface area (Å²) in [6.45, 7) is 5.16. The van der Waals surface area contributed by atoms with Crippen molar-refractivity contribution in [1.82, 2.24) is 10.2 Å². The van der Waals surface area contributed by atoms with Gasteiger partial charge >= 0.3 is 5.97 Å². The molecule has 96 valence electrons. The Balaban J connectivity index is 2.46. The first-order valence-corrected chi connectivity index (χ1v) is 6.20. The summed E-state index contributed by atoms with van der Waals surface area (Å²) < 4.78 is 0. The minimum Gasteiger partial charge on any atom is -0.481 e. The predicted molar refractivity (Wildman–Crippen MR) is 64.5 cm³/mol. The van der Waals surface area contributed by atoms with Crippen molar-refractivity contribution in [3.63, 3.8) is 0 Å². The first-order chi connectivity index (χ1) is 8.15. The summed E-state index contributed by atoms with van der Waals surface area (Å²) in [5.74, 6) is -0.348. The highest BCUT2D eigenvalue weighted by atomic mass is 16.4. The fourth-order valence-corrected chi connectivity index (χ4v) is 2.51. The monoisotopic (exact) mass is 239 g/mol. The second kappa shape index (κ2) is 7.25. The van der Waals surface area contributed by atoms with E-state index < -0.39 is 5.97 Å². The van der Waals surface area contributed by atoms with Crippen LogP contribution in [0.1, 0.15) is 26.2 Å². The number of likely N-dealkylation sites (N-methyl/N-ethyl adjacent to an activating group) is 1. The Morgan fingerprint density at radius 1 is 1.59 bits per heavy atom. The van der Waals surface area contributed by atoms with Gasteiger partial charge in [-0.1, -0.05) is 6.92 Å². The van der Waals surface area contributed by atoms with Crippen LogP contribution in [0.5, 0.6) is 0 Å². The molecule has 1 aliphatic heterocycles. The highest BCUT2D eigenvalue weighted by molar-refractivity contribution is 5.66. The number of carbonyl (C=O) groups is 1. The van der Waals surface area contributed by atoms with Crippen LogP contribution < -0.4 is 5.32 Å². The standard InChI is InChI=1S/C12H21N3O2/c1-2-14-11-7-10(3-4-12(16)17)8-15(9-11)6-5-13/h10-11,14H,2-4,6-9H2,1H3,(H,16,17). The molecule has 0 amide bonds. The first kappa shape index (κ1) is 13.9. The molecule has 1 fully saturated rings. The number of nitriles is 1. The van der Waals surface area contributed by atoms with Gasteiger partial charge in [-0.05, 0) is 25.3 Å². The molecule has 2 unspecified atom stereocenters. The number of aliphatic carboxylic acids is 1. The van der Waals surface area contributed by atoms with Crippen LogP contribution in [0.15, 0.2) is 0 Å². The molecule has 0 aromatic rings. The van der Waals surface area contributed by atoms with Crippen molar-refractivity contribution in [3.8, 4) is 6.07 Å². The largest absolute Gasteiger partial charge is 0.481 e. The molecule has 0 aromatic carbocycles. The van der Waals surface area contributed by atoms with Crippen LogP contribution in [0, 0.1) is 17.2 Å². The first-order valence-electron chi connectivity index (χ1n) is 6.20. The Kier molecular flexibility index (Phi) is 5.95. The van der Waals surface area contributed by atoms with Crippen LogP contribution in [0.2, 0.25) is 0 Å². The molecule has 0 aliphatic carbocycles. The van der Waals surface area contributed by atoms with Gasteiger partial charge in [0, 0.05) is 25.6 Å². The van der Waals surface area contributed by atoms with Gasteiger partial charge in [-0.25, -0.2) is 0 Å². The number of carboxylic acids is 1. The second-order valence-electron chi connectivity index (χ2n) is 4.64. The third kappa shape index (κ3) is 5.16. The van der Waals surface area contributed by atoms with Gasteiger partial charge in [0.15, 0.2) is 0 Å². The van der Waals surface area contributed by atoms with Crippen LogP contribution in [-0.2, 0) is 4.79 Å². The lowest BCUT2D eigenvalue weighted by Gasteiger charge is -2.36. The topological polar surface area (TPSA) is 76.4 Å². The number of hydrogen-bond acceptors (Lipinski definition) is 4. The van der Waals surface area contributed by atoms with E-state index in [0.717, 1.165) is 26.1 Å². The van der Waals surface area contributed by atoms with E-state index in [1.54, 1.807) is 0 Å². The maximum Gasteiger partial charge on any atom is 0.303 e. The molecular weight excluding hydrogens is 218 g/mol. The third-order valence-corrected chi connectivity index (χ3v) is 3.17. The van der Waals surface area contributed by atoms with E-state index in [-0.39, 0.29) is 6.42 Å². The second-order valence-corrected chi connectivity index (χ2v) is 4.64. The smallest absolute Gasteiger partial charge is 0.303 e. The van der Waals surface area contributed by atoms with Crippen LogP contribution in [0.25, 0.3) is 0 Å². The molecule has 17 heavy (non-hydrogen) atoms. The Morgan fingerprint density at radius 3 is 2.94 bits per heavy atom. The van der Waals surface area contributed by atoms with Gasteiger partial charge < -0.3 is 10.4 Å². The van der Waals surface area contributed by atoms with Crippen LogP contribution in [-0.4, -0.2) is 48.2 Å². The van der Waals surface area contributed by atoms with Crippen LogP contribution in [0.3, 0.4) is 0 Å². The van der Waals surface area contributed by atoms with Crippen molar-refractivity contribution in [3.05, 3.63) is 0 Å².